The van der Waals surface area contributed by atoms with E-state index in [1.807, 2.05) is 32.0 Å². The SMILES string of the molecule is C=CCON(SN=O)C1C=C(C)CN(Cc2ccccc2)C1.CC. The van der Waals surface area contributed by atoms with Gasteiger partial charge in [-0.15, -0.1) is 11.5 Å². The van der Waals surface area contributed by atoms with Gasteiger partial charge in [-0.05, 0) is 12.5 Å². The number of hydrogen-bond acceptors (Lipinski definition) is 6. The van der Waals surface area contributed by atoms with Crippen molar-refractivity contribution in [1.82, 2.24) is 9.37 Å². The fourth-order valence-corrected chi connectivity index (χ4v) is 2.97. The van der Waals surface area contributed by atoms with E-state index in [-0.39, 0.29) is 6.04 Å². The number of rotatable bonds is 8. The molecule has 0 spiro atoms. The van der Waals surface area contributed by atoms with Gasteiger partial charge in [0.05, 0.1) is 12.6 Å². The Morgan fingerprint density at radius 2 is 2.12 bits per heavy atom. The molecule has 1 aliphatic rings. The van der Waals surface area contributed by atoms with E-state index in [1.165, 1.54) is 11.1 Å². The molecule has 1 atom stereocenters. The van der Waals surface area contributed by atoms with Crippen molar-refractivity contribution in [3.63, 3.8) is 0 Å². The van der Waals surface area contributed by atoms with Gasteiger partial charge in [0.1, 0.15) is 12.1 Å². The molecule has 0 saturated heterocycles. The average molecular weight is 350 g/mol. The Morgan fingerprint density at radius 3 is 2.75 bits per heavy atom. The third kappa shape index (κ3) is 6.97. The molecule has 1 aliphatic heterocycles. The van der Waals surface area contributed by atoms with Crippen LogP contribution in [0.1, 0.15) is 26.3 Å². The first-order chi connectivity index (χ1) is 11.7. The third-order valence-corrected chi connectivity index (χ3v) is 3.95. The van der Waals surface area contributed by atoms with Crippen molar-refractivity contribution < 1.29 is 4.84 Å². The summed E-state index contributed by atoms with van der Waals surface area (Å²) in [4.78, 5) is 18.5. The van der Waals surface area contributed by atoms with Crippen molar-refractivity contribution in [2.24, 2.45) is 4.58 Å². The first kappa shape index (κ1) is 20.6. The van der Waals surface area contributed by atoms with Crippen molar-refractivity contribution in [2.45, 2.75) is 33.4 Å². The van der Waals surface area contributed by atoms with Crippen molar-refractivity contribution >= 4 is 12.1 Å². The summed E-state index contributed by atoms with van der Waals surface area (Å²) < 4.78 is 4.43. The van der Waals surface area contributed by atoms with Crippen molar-refractivity contribution in [2.75, 3.05) is 19.7 Å². The highest BCUT2D eigenvalue weighted by Gasteiger charge is 2.26. The molecular formula is C18H27N3O2S. The summed E-state index contributed by atoms with van der Waals surface area (Å²) in [5.74, 6) is 0. The first-order valence-electron chi connectivity index (χ1n) is 8.19. The Hall–Kier alpha value is -1.47. The Balaban J connectivity index is 0.00000139. The molecule has 6 heteroatoms. The van der Waals surface area contributed by atoms with Crippen LogP contribution in [0.15, 0.2) is 59.2 Å². The van der Waals surface area contributed by atoms with Crippen LogP contribution >= 0.6 is 12.1 Å². The third-order valence-electron chi connectivity index (χ3n) is 3.35. The van der Waals surface area contributed by atoms with Gasteiger partial charge in [-0.2, -0.15) is 0 Å². The minimum atomic E-state index is -0.0138. The first-order valence-corrected chi connectivity index (χ1v) is 8.92. The lowest BCUT2D eigenvalue weighted by Gasteiger charge is -2.34. The average Bonchev–Trinajstić information content (AvgIpc) is 2.60. The molecule has 0 bridgehead atoms. The molecule has 0 aromatic heterocycles. The molecule has 0 aliphatic carbocycles. The van der Waals surface area contributed by atoms with Gasteiger partial charge < -0.3 is 0 Å². The van der Waals surface area contributed by atoms with Crippen molar-refractivity contribution in [3.8, 4) is 0 Å². The van der Waals surface area contributed by atoms with E-state index >= 15 is 0 Å². The highest BCUT2D eigenvalue weighted by atomic mass is 32.2. The van der Waals surface area contributed by atoms with Gasteiger partial charge in [0.25, 0.3) is 0 Å². The van der Waals surface area contributed by atoms with Gasteiger partial charge in [-0.25, -0.2) is 0 Å². The van der Waals surface area contributed by atoms with Gasteiger partial charge in [0.2, 0.25) is 0 Å². The summed E-state index contributed by atoms with van der Waals surface area (Å²) in [5.41, 5.74) is 2.53. The van der Waals surface area contributed by atoms with Crippen LogP contribution in [0.5, 0.6) is 0 Å². The Morgan fingerprint density at radius 1 is 1.42 bits per heavy atom. The van der Waals surface area contributed by atoms with Crippen LogP contribution in [0.2, 0.25) is 0 Å². The monoisotopic (exact) mass is 349 g/mol. The summed E-state index contributed by atoms with van der Waals surface area (Å²) >= 11 is 0.795. The van der Waals surface area contributed by atoms with Gasteiger partial charge in [-0.1, -0.05) is 66.4 Å². The van der Waals surface area contributed by atoms with E-state index in [4.69, 9.17) is 4.84 Å². The summed E-state index contributed by atoms with van der Waals surface area (Å²) in [6.07, 6.45) is 3.78. The maximum Gasteiger partial charge on any atom is 0.135 e. The molecule has 0 radical (unpaired) electrons. The molecule has 1 aromatic rings. The molecule has 132 valence electrons. The molecule has 5 nitrogen and oxygen atoms in total. The van der Waals surface area contributed by atoms with E-state index in [9.17, 15) is 4.91 Å². The van der Waals surface area contributed by atoms with Crippen LogP contribution in [-0.4, -0.2) is 35.1 Å². The van der Waals surface area contributed by atoms with E-state index in [0.717, 1.165) is 31.8 Å². The zero-order chi connectivity index (χ0) is 17.8. The molecule has 1 unspecified atom stereocenters. The fourth-order valence-electron chi connectivity index (χ4n) is 2.54. The fraction of sp³-hybridized carbons (Fsp3) is 0.444. The summed E-state index contributed by atoms with van der Waals surface area (Å²) in [6.45, 7) is 12.6. The predicted octanol–water partition coefficient (Wildman–Crippen LogP) is 4.59. The normalized spacial score (nSPS) is 17.7. The standard InChI is InChI=1S/C16H21N3O2S.C2H6/c1-3-9-21-19(22-17-20)16-10-14(2)11-18(13-16)12-15-7-5-4-6-8-15;1-2/h3-8,10,16H,1,9,11-13H2,2H3;1-2H3. The molecule has 0 amide bonds. The maximum absolute atomic E-state index is 10.6. The predicted molar refractivity (Wildman–Crippen MR) is 102 cm³/mol. The van der Waals surface area contributed by atoms with Crippen LogP contribution in [0.3, 0.4) is 0 Å². The van der Waals surface area contributed by atoms with E-state index in [1.54, 1.807) is 10.5 Å². The molecule has 2 rings (SSSR count). The minimum Gasteiger partial charge on any atom is -0.293 e. The van der Waals surface area contributed by atoms with E-state index in [0.29, 0.717) is 6.61 Å². The van der Waals surface area contributed by atoms with E-state index < -0.39 is 0 Å². The second kappa shape index (κ2) is 12.0. The molecule has 0 fully saturated rings. The molecule has 1 aromatic carbocycles. The topological polar surface area (TPSA) is 45.1 Å². The van der Waals surface area contributed by atoms with Crippen LogP contribution in [0, 0.1) is 4.91 Å². The molecule has 0 saturated carbocycles. The van der Waals surface area contributed by atoms with Crippen LogP contribution < -0.4 is 0 Å². The number of nitrogens with zero attached hydrogens (tertiary/aromatic N) is 3. The molecule has 0 N–H and O–H groups in total. The smallest absolute Gasteiger partial charge is 0.135 e. The largest absolute Gasteiger partial charge is 0.293 e. The second-order valence-electron chi connectivity index (χ2n) is 5.26. The Kier molecular flexibility index (Phi) is 10.3. The molecule has 1 heterocycles. The van der Waals surface area contributed by atoms with Crippen LogP contribution in [0.25, 0.3) is 0 Å². The summed E-state index contributed by atoms with van der Waals surface area (Å²) in [6, 6.07) is 10.3. The lowest BCUT2D eigenvalue weighted by Crippen LogP contribution is -2.43. The van der Waals surface area contributed by atoms with Gasteiger partial charge in [0.15, 0.2) is 0 Å². The van der Waals surface area contributed by atoms with Crippen molar-refractivity contribution in [1.29, 1.82) is 0 Å². The van der Waals surface area contributed by atoms with Crippen molar-refractivity contribution in [3.05, 3.63) is 65.1 Å². The quantitative estimate of drug-likeness (QED) is 0.297. The highest BCUT2D eigenvalue weighted by Crippen LogP contribution is 2.23. The van der Waals surface area contributed by atoms with Gasteiger partial charge in [-0.3, -0.25) is 9.74 Å². The maximum atomic E-state index is 10.6. The number of nitroso groups, excluding NO2 is 1. The van der Waals surface area contributed by atoms with Crippen LogP contribution in [-0.2, 0) is 11.4 Å². The molecular weight excluding hydrogens is 322 g/mol. The number of benzene rings is 1. The summed E-state index contributed by atoms with van der Waals surface area (Å²) in [5, 5.41) is 0. The zero-order valence-electron chi connectivity index (χ0n) is 14.7. The zero-order valence-corrected chi connectivity index (χ0v) is 15.5. The number of hydroxylamine groups is 1. The Bertz CT molecular complexity index is 522. The van der Waals surface area contributed by atoms with Gasteiger partial charge in [0, 0.05) is 24.2 Å². The lowest BCUT2D eigenvalue weighted by molar-refractivity contribution is -0.0859. The molecule has 24 heavy (non-hydrogen) atoms. The summed E-state index contributed by atoms with van der Waals surface area (Å²) in [7, 11) is 0. The second-order valence-corrected chi connectivity index (χ2v) is 5.93. The van der Waals surface area contributed by atoms with Gasteiger partial charge >= 0.3 is 0 Å². The Labute approximate surface area is 149 Å². The van der Waals surface area contributed by atoms with E-state index in [2.05, 4.69) is 41.2 Å². The highest BCUT2D eigenvalue weighted by molar-refractivity contribution is 7.95. The minimum absolute atomic E-state index is 0.0138. The lowest BCUT2D eigenvalue weighted by atomic mass is 10.1. The number of hydrogen-bond donors (Lipinski definition) is 0. The van der Waals surface area contributed by atoms with Crippen LogP contribution in [0.4, 0.5) is 0 Å².